The number of carbonyl (C=O) groups excluding carboxylic acids is 1. The van der Waals surface area contributed by atoms with Crippen LogP contribution in [0.1, 0.15) is 56.2 Å². The third kappa shape index (κ3) is 3.90. The number of Topliss-reactive ketones (excluding diaryl/α,β-unsaturated/α-hetero) is 1. The van der Waals surface area contributed by atoms with Crippen LogP contribution in [0.15, 0.2) is 24.3 Å². The maximum Gasteiger partial charge on any atom is 0.131 e. The van der Waals surface area contributed by atoms with Crippen molar-refractivity contribution in [3.8, 4) is 0 Å². The second-order valence-corrected chi connectivity index (χ2v) is 5.73. The first-order chi connectivity index (χ1) is 9.18. The van der Waals surface area contributed by atoms with Crippen molar-refractivity contribution in [2.75, 3.05) is 13.1 Å². The van der Waals surface area contributed by atoms with Crippen molar-refractivity contribution in [3.05, 3.63) is 35.4 Å². The first-order valence-electron chi connectivity index (χ1n) is 7.47. The van der Waals surface area contributed by atoms with Crippen molar-refractivity contribution in [1.82, 2.24) is 4.90 Å². The lowest BCUT2D eigenvalue weighted by Crippen LogP contribution is -2.31. The maximum atomic E-state index is 11.6. The average Bonchev–Trinajstić information content (AvgIpc) is 2.65. The summed E-state index contributed by atoms with van der Waals surface area (Å²) < 4.78 is 0. The highest BCUT2D eigenvalue weighted by Crippen LogP contribution is 2.29. The molecule has 0 saturated carbocycles. The quantitative estimate of drug-likeness (QED) is 0.817. The monoisotopic (exact) mass is 259 g/mol. The Bertz CT molecular complexity index is 419. The van der Waals surface area contributed by atoms with E-state index in [2.05, 4.69) is 36.1 Å². The fourth-order valence-corrected chi connectivity index (χ4v) is 3.08. The average molecular weight is 259 g/mol. The largest absolute Gasteiger partial charge is 0.300 e. The minimum atomic E-state index is 0.275. The van der Waals surface area contributed by atoms with Crippen LogP contribution in [0.25, 0.3) is 0 Å². The number of ketones is 1. The summed E-state index contributed by atoms with van der Waals surface area (Å²) in [5.41, 5.74) is 2.64. The minimum Gasteiger partial charge on any atom is -0.300 e. The molecule has 0 N–H and O–H groups in total. The number of hydrogen-bond donors (Lipinski definition) is 0. The Hall–Kier alpha value is -1.15. The fourth-order valence-electron chi connectivity index (χ4n) is 3.08. The molecule has 1 aliphatic heterocycles. The Morgan fingerprint density at radius 2 is 1.79 bits per heavy atom. The van der Waals surface area contributed by atoms with Gasteiger partial charge in [0.25, 0.3) is 0 Å². The molecule has 1 saturated heterocycles. The first kappa shape index (κ1) is 14.3. The molecule has 2 heteroatoms. The summed E-state index contributed by atoms with van der Waals surface area (Å²) >= 11 is 0. The van der Waals surface area contributed by atoms with E-state index in [0.717, 1.165) is 13.1 Å². The molecule has 2 nitrogen and oxygen atoms in total. The van der Waals surface area contributed by atoms with Crippen LogP contribution in [0, 0.1) is 6.92 Å². The summed E-state index contributed by atoms with van der Waals surface area (Å²) in [5, 5.41) is 0. The van der Waals surface area contributed by atoms with Crippen LogP contribution in [-0.2, 0) is 4.79 Å². The second-order valence-electron chi connectivity index (χ2n) is 5.73. The van der Waals surface area contributed by atoms with Gasteiger partial charge in [-0.2, -0.15) is 0 Å². The number of rotatable bonds is 4. The van der Waals surface area contributed by atoms with Gasteiger partial charge in [0.2, 0.25) is 0 Å². The van der Waals surface area contributed by atoms with Crippen LogP contribution >= 0.6 is 0 Å². The van der Waals surface area contributed by atoms with Gasteiger partial charge in [0.1, 0.15) is 5.78 Å². The van der Waals surface area contributed by atoms with E-state index in [1.165, 1.54) is 36.8 Å². The highest BCUT2D eigenvalue weighted by atomic mass is 16.1. The van der Waals surface area contributed by atoms with E-state index in [4.69, 9.17) is 0 Å². The van der Waals surface area contributed by atoms with Gasteiger partial charge in [-0.15, -0.1) is 0 Å². The third-order valence-corrected chi connectivity index (χ3v) is 4.11. The Morgan fingerprint density at radius 1 is 1.16 bits per heavy atom. The summed E-state index contributed by atoms with van der Waals surface area (Å²) in [4.78, 5) is 14.2. The van der Waals surface area contributed by atoms with Gasteiger partial charge in [-0.1, -0.05) is 37.1 Å². The molecular weight excluding hydrogens is 234 g/mol. The van der Waals surface area contributed by atoms with E-state index in [0.29, 0.717) is 6.42 Å². The molecular formula is C17H25NO. The lowest BCUT2D eigenvalue weighted by atomic mass is 9.95. The van der Waals surface area contributed by atoms with Crippen molar-refractivity contribution in [1.29, 1.82) is 0 Å². The SMILES string of the molecule is CC(=O)CC(c1ccccc1C)N1CCCCCC1. The summed E-state index contributed by atoms with van der Waals surface area (Å²) in [6.07, 6.45) is 5.83. The van der Waals surface area contributed by atoms with Gasteiger partial charge in [-0.05, 0) is 50.9 Å². The van der Waals surface area contributed by atoms with Crippen molar-refractivity contribution in [2.24, 2.45) is 0 Å². The zero-order chi connectivity index (χ0) is 13.7. The summed E-state index contributed by atoms with van der Waals surface area (Å²) in [6.45, 7) is 6.13. The molecule has 0 radical (unpaired) electrons. The van der Waals surface area contributed by atoms with Crippen LogP contribution in [0.5, 0.6) is 0 Å². The van der Waals surface area contributed by atoms with E-state index >= 15 is 0 Å². The summed E-state index contributed by atoms with van der Waals surface area (Å²) in [6, 6.07) is 8.78. The lowest BCUT2D eigenvalue weighted by Gasteiger charge is -2.31. The topological polar surface area (TPSA) is 20.3 Å². The molecule has 19 heavy (non-hydrogen) atoms. The van der Waals surface area contributed by atoms with E-state index in [1.807, 2.05) is 0 Å². The van der Waals surface area contributed by atoms with E-state index < -0.39 is 0 Å². The third-order valence-electron chi connectivity index (χ3n) is 4.11. The van der Waals surface area contributed by atoms with Gasteiger partial charge in [-0.3, -0.25) is 9.69 Å². The Kier molecular flexibility index (Phi) is 5.15. The van der Waals surface area contributed by atoms with E-state index in [9.17, 15) is 4.79 Å². The van der Waals surface area contributed by atoms with Crippen LogP contribution < -0.4 is 0 Å². The standard InChI is InChI=1S/C17H25NO/c1-14-9-5-6-10-16(14)17(13-15(2)19)18-11-7-3-4-8-12-18/h5-6,9-10,17H,3-4,7-8,11-13H2,1-2H3. The molecule has 0 bridgehead atoms. The van der Waals surface area contributed by atoms with Gasteiger partial charge in [0.05, 0.1) is 0 Å². The van der Waals surface area contributed by atoms with Crippen molar-refractivity contribution < 1.29 is 4.79 Å². The molecule has 1 aromatic carbocycles. The maximum absolute atomic E-state index is 11.6. The summed E-state index contributed by atoms with van der Waals surface area (Å²) in [5.74, 6) is 0.289. The molecule has 1 atom stereocenters. The molecule has 0 aromatic heterocycles. The number of hydrogen-bond acceptors (Lipinski definition) is 2. The van der Waals surface area contributed by atoms with Gasteiger partial charge in [0.15, 0.2) is 0 Å². The Morgan fingerprint density at radius 3 is 2.37 bits per heavy atom. The van der Waals surface area contributed by atoms with Gasteiger partial charge >= 0.3 is 0 Å². The smallest absolute Gasteiger partial charge is 0.131 e. The number of likely N-dealkylation sites (tertiary alicyclic amines) is 1. The zero-order valence-corrected chi connectivity index (χ0v) is 12.2. The van der Waals surface area contributed by atoms with Crippen LogP contribution in [0.4, 0.5) is 0 Å². The van der Waals surface area contributed by atoms with Crippen molar-refractivity contribution >= 4 is 5.78 Å². The number of carbonyl (C=O) groups is 1. The van der Waals surface area contributed by atoms with E-state index in [-0.39, 0.29) is 11.8 Å². The molecule has 104 valence electrons. The molecule has 0 aliphatic carbocycles. The van der Waals surface area contributed by atoms with Crippen LogP contribution in [0.2, 0.25) is 0 Å². The second kappa shape index (κ2) is 6.85. The van der Waals surface area contributed by atoms with Crippen LogP contribution in [0.3, 0.4) is 0 Å². The van der Waals surface area contributed by atoms with Gasteiger partial charge < -0.3 is 0 Å². The number of benzene rings is 1. The fraction of sp³-hybridized carbons (Fsp3) is 0.588. The Labute approximate surface area is 116 Å². The molecule has 1 unspecified atom stereocenters. The minimum absolute atomic E-state index is 0.275. The molecule has 1 aromatic rings. The number of aryl methyl sites for hydroxylation is 1. The molecule has 1 heterocycles. The molecule has 0 amide bonds. The summed E-state index contributed by atoms with van der Waals surface area (Å²) in [7, 11) is 0. The van der Waals surface area contributed by atoms with Crippen LogP contribution in [-0.4, -0.2) is 23.8 Å². The zero-order valence-electron chi connectivity index (χ0n) is 12.2. The van der Waals surface area contributed by atoms with Gasteiger partial charge in [0, 0.05) is 12.5 Å². The predicted octanol–water partition coefficient (Wildman–Crippen LogP) is 3.89. The molecule has 0 spiro atoms. The number of nitrogens with zero attached hydrogens (tertiary/aromatic N) is 1. The highest BCUT2D eigenvalue weighted by Gasteiger charge is 2.23. The van der Waals surface area contributed by atoms with Gasteiger partial charge in [-0.25, -0.2) is 0 Å². The molecule has 2 rings (SSSR count). The van der Waals surface area contributed by atoms with Crippen molar-refractivity contribution in [3.63, 3.8) is 0 Å². The first-order valence-corrected chi connectivity index (χ1v) is 7.47. The Balaban J connectivity index is 2.24. The molecule has 1 aliphatic rings. The predicted molar refractivity (Wildman–Crippen MR) is 79.3 cm³/mol. The highest BCUT2D eigenvalue weighted by molar-refractivity contribution is 5.76. The van der Waals surface area contributed by atoms with Crippen molar-refractivity contribution in [2.45, 2.75) is 52.0 Å². The molecule has 1 fully saturated rings. The lowest BCUT2D eigenvalue weighted by molar-refractivity contribution is -0.118. The normalized spacial score (nSPS) is 18.8. The van der Waals surface area contributed by atoms with E-state index in [1.54, 1.807) is 6.92 Å².